The fourth-order valence-corrected chi connectivity index (χ4v) is 7.47. The quantitative estimate of drug-likeness (QED) is 0.120. The first-order valence-corrected chi connectivity index (χ1v) is 26.3. The number of nitrogens with zero attached hydrogens (tertiary/aromatic N) is 1. The Bertz CT molecular complexity index is 2040. The van der Waals surface area contributed by atoms with Crippen LogP contribution in [0.4, 0.5) is 0 Å². The number of carbonyl (C=O) groups is 1. The molecule has 0 amide bonds. The molecule has 0 heterocycles. The van der Waals surface area contributed by atoms with Crippen molar-refractivity contribution in [1.29, 1.82) is 0 Å². The molecule has 5 nitrogen and oxygen atoms in total. The Hall–Kier alpha value is -4.78. The van der Waals surface area contributed by atoms with E-state index in [-0.39, 0.29) is 0 Å². The standard InChI is InChI=1S/C19H22N2S.C10H13N.C10H10O.C9H9NS.6C2H6/c1-14-9-11-15(12-10-14)13-20-19(22)21-18-8-4-6-16-5-2-3-7-17(16)18;2*11-10-7-3-5-8-4-1-2-6-9(8)10;1-8-2-4-9(5-3-8)6-10-7-11;6*1-2/h2-3,5,7,9-12,18H,4,6,8,13H2,1H3,(H2,20,21,22);1-2,4,6,10H,3,5,7,11H2;1-2,4,6H,3,5,7H2;2-5H,6H2,1H3;6*1-2H3. The van der Waals surface area contributed by atoms with Crippen LogP contribution in [-0.2, 0) is 32.4 Å². The van der Waals surface area contributed by atoms with Crippen molar-refractivity contribution in [2.45, 2.75) is 180 Å². The molecule has 7 heteroatoms. The number of nitrogens with two attached hydrogens (primary N) is 1. The van der Waals surface area contributed by atoms with E-state index in [9.17, 15) is 4.79 Å². The molecule has 2 unspecified atom stereocenters. The largest absolute Gasteiger partial charge is 0.359 e. The Morgan fingerprint density at radius 3 is 1.55 bits per heavy atom. The number of hydrogen-bond donors (Lipinski definition) is 3. The van der Waals surface area contributed by atoms with Crippen molar-refractivity contribution < 1.29 is 4.79 Å². The van der Waals surface area contributed by atoms with Gasteiger partial charge >= 0.3 is 0 Å². The highest BCUT2D eigenvalue weighted by Crippen LogP contribution is 2.29. The second-order valence-corrected chi connectivity index (χ2v) is 15.1. The molecule has 0 bridgehead atoms. The summed E-state index contributed by atoms with van der Waals surface area (Å²) >= 11 is 9.93. The van der Waals surface area contributed by atoms with E-state index in [2.05, 4.69) is 132 Å². The van der Waals surface area contributed by atoms with Crippen molar-refractivity contribution in [2.75, 3.05) is 0 Å². The minimum absolute atomic E-state index is 0.292. The van der Waals surface area contributed by atoms with Crippen LogP contribution in [0.15, 0.2) is 126 Å². The number of thiocarbonyl (C=S) groups is 2. The molecule has 0 saturated carbocycles. The molecule has 2 atom stereocenters. The van der Waals surface area contributed by atoms with Crippen molar-refractivity contribution in [1.82, 2.24) is 10.6 Å². The second-order valence-electron chi connectivity index (χ2n) is 14.5. The summed E-state index contributed by atoms with van der Waals surface area (Å²) in [5.74, 6) is 0.312. The van der Waals surface area contributed by atoms with E-state index in [0.29, 0.717) is 24.4 Å². The molecule has 0 radical (unpaired) electrons. The topological polar surface area (TPSA) is 79.5 Å². The number of aryl methyl sites for hydroxylation is 5. The Morgan fingerprint density at radius 2 is 1.03 bits per heavy atom. The Labute approximate surface area is 421 Å². The lowest BCUT2D eigenvalue weighted by molar-refractivity contribution is 0.0972. The first kappa shape index (κ1) is 64.3. The fourth-order valence-electron chi connectivity index (χ4n) is 7.19. The van der Waals surface area contributed by atoms with Gasteiger partial charge in [0.15, 0.2) is 10.9 Å². The van der Waals surface area contributed by atoms with Crippen LogP contribution in [0.2, 0.25) is 0 Å². The first-order valence-electron chi connectivity index (χ1n) is 25.5. The van der Waals surface area contributed by atoms with Crippen molar-refractivity contribution in [3.63, 3.8) is 0 Å². The summed E-state index contributed by atoms with van der Waals surface area (Å²) in [4.78, 5) is 15.1. The summed E-state index contributed by atoms with van der Waals surface area (Å²) in [6.07, 6.45) is 9.98. The second kappa shape index (κ2) is 42.6. The van der Waals surface area contributed by atoms with Gasteiger partial charge in [-0.05, 0) is 129 Å². The highest BCUT2D eigenvalue weighted by Gasteiger charge is 2.20. The third-order valence-corrected chi connectivity index (χ3v) is 10.7. The molecule has 3 aliphatic carbocycles. The molecular weight excluding hydrogens is 857 g/mol. The molecule has 0 spiro atoms. The Balaban J connectivity index is 0. The molecule has 5 aromatic carbocycles. The summed E-state index contributed by atoms with van der Waals surface area (Å²) < 4.78 is 0. The highest BCUT2D eigenvalue weighted by atomic mass is 32.1. The zero-order valence-corrected chi connectivity index (χ0v) is 45.9. The van der Waals surface area contributed by atoms with E-state index in [0.717, 1.165) is 49.3 Å². The van der Waals surface area contributed by atoms with E-state index in [1.807, 2.05) is 119 Å². The number of fused-ring (bicyclic) bond motifs is 3. The summed E-state index contributed by atoms with van der Waals surface area (Å²) in [5, 5.41) is 9.87. The van der Waals surface area contributed by atoms with Crippen LogP contribution in [0, 0.1) is 13.8 Å². The Kier molecular flexibility index (Phi) is 40.9. The minimum atomic E-state index is 0.292. The van der Waals surface area contributed by atoms with E-state index >= 15 is 0 Å². The monoisotopic (exact) mass is 947 g/mol. The molecule has 0 fully saturated rings. The lowest BCUT2D eigenvalue weighted by Crippen LogP contribution is -2.38. The van der Waals surface area contributed by atoms with Crippen LogP contribution >= 0.6 is 24.4 Å². The summed E-state index contributed by atoms with van der Waals surface area (Å²) in [7, 11) is 0. The predicted molar refractivity (Wildman–Crippen MR) is 304 cm³/mol. The average molecular weight is 948 g/mol. The third kappa shape index (κ3) is 25.8. The number of hydrogen-bond acceptors (Lipinski definition) is 5. The third-order valence-electron chi connectivity index (χ3n) is 10.3. The molecule has 0 aliphatic heterocycles. The van der Waals surface area contributed by atoms with E-state index in [4.69, 9.17) is 18.0 Å². The van der Waals surface area contributed by atoms with Crippen LogP contribution in [0.3, 0.4) is 0 Å². The zero-order valence-electron chi connectivity index (χ0n) is 44.2. The maximum absolute atomic E-state index is 11.3. The van der Waals surface area contributed by atoms with Gasteiger partial charge in [0.1, 0.15) is 0 Å². The van der Waals surface area contributed by atoms with Crippen LogP contribution in [0.1, 0.15) is 194 Å². The molecule has 8 rings (SSSR count). The van der Waals surface area contributed by atoms with Crippen LogP contribution in [0.5, 0.6) is 0 Å². The van der Waals surface area contributed by atoms with Crippen LogP contribution < -0.4 is 16.4 Å². The van der Waals surface area contributed by atoms with Gasteiger partial charge in [0.05, 0.1) is 17.7 Å². The van der Waals surface area contributed by atoms with Gasteiger partial charge in [0.2, 0.25) is 0 Å². The average Bonchev–Trinajstić information content (AvgIpc) is 3.40. The zero-order chi connectivity index (χ0) is 50.8. The number of Topliss-reactive ketones (excluding diaryl/α,β-unsaturated/α-hetero) is 1. The normalized spacial score (nSPS) is 13.9. The first-order chi connectivity index (χ1) is 32.8. The predicted octanol–water partition coefficient (Wildman–Crippen LogP) is 17.0. The minimum Gasteiger partial charge on any atom is -0.359 e. The van der Waals surface area contributed by atoms with E-state index in [1.54, 1.807) is 0 Å². The smallest absolute Gasteiger partial charge is 0.167 e. The van der Waals surface area contributed by atoms with Gasteiger partial charge in [-0.15, -0.1) is 0 Å². The number of carbonyl (C=O) groups excluding carboxylic acids is 1. The maximum Gasteiger partial charge on any atom is 0.167 e. The summed E-state index contributed by atoms with van der Waals surface area (Å²) in [6, 6.07) is 42.5. The van der Waals surface area contributed by atoms with Gasteiger partial charge in [-0.2, -0.15) is 0 Å². The van der Waals surface area contributed by atoms with E-state index < -0.39 is 0 Å². The molecule has 3 aliphatic rings. The van der Waals surface area contributed by atoms with Gasteiger partial charge in [-0.1, -0.05) is 216 Å². The molecule has 4 N–H and O–H groups in total. The number of benzene rings is 5. The van der Waals surface area contributed by atoms with Crippen LogP contribution in [0.25, 0.3) is 0 Å². The molecule has 0 aromatic heterocycles. The number of isothiocyanates is 1. The van der Waals surface area contributed by atoms with Crippen molar-refractivity contribution in [3.05, 3.63) is 177 Å². The molecule has 5 aromatic rings. The molecular formula is C60H90N4OS2. The van der Waals surface area contributed by atoms with Gasteiger partial charge in [0.25, 0.3) is 0 Å². The van der Waals surface area contributed by atoms with Gasteiger partial charge in [-0.25, -0.2) is 4.99 Å². The van der Waals surface area contributed by atoms with E-state index in [1.165, 1.54) is 75.8 Å². The number of aliphatic imine (C=N–C) groups is 1. The maximum atomic E-state index is 11.3. The molecule has 67 heavy (non-hydrogen) atoms. The van der Waals surface area contributed by atoms with Gasteiger partial charge < -0.3 is 16.4 Å². The Morgan fingerprint density at radius 1 is 0.582 bits per heavy atom. The van der Waals surface area contributed by atoms with Crippen LogP contribution in [-0.4, -0.2) is 16.1 Å². The van der Waals surface area contributed by atoms with Crippen molar-refractivity contribution in [2.24, 2.45) is 10.7 Å². The molecule has 0 saturated heterocycles. The van der Waals surface area contributed by atoms with Crippen molar-refractivity contribution in [3.8, 4) is 0 Å². The summed E-state index contributed by atoms with van der Waals surface area (Å²) in [6.45, 7) is 29.6. The number of nitrogens with one attached hydrogen (secondary N) is 2. The van der Waals surface area contributed by atoms with Crippen molar-refractivity contribution >= 4 is 40.5 Å². The SMILES string of the molecule is CC.CC.CC.CC.CC.CC.Cc1ccc(CN=C=S)cc1.Cc1ccc(CNC(=S)NC2CCCc3ccccc32)cc1.NC1CCCc2ccccc21.O=C1CCCc2ccccc21. The van der Waals surface area contributed by atoms with Gasteiger partial charge in [0, 0.05) is 24.6 Å². The number of ketones is 1. The lowest BCUT2D eigenvalue weighted by atomic mass is 9.88. The van der Waals surface area contributed by atoms with Gasteiger partial charge in [-0.3, -0.25) is 4.79 Å². The summed E-state index contributed by atoms with van der Waals surface area (Å²) in [5.41, 5.74) is 18.7. The lowest BCUT2D eigenvalue weighted by Gasteiger charge is -2.27. The number of rotatable bonds is 5. The molecule has 368 valence electrons. The highest BCUT2D eigenvalue weighted by molar-refractivity contribution is 7.80. The fraction of sp³-hybridized carbons (Fsp3) is 0.450.